The fourth-order valence-electron chi connectivity index (χ4n) is 3.02. The van der Waals surface area contributed by atoms with E-state index in [1.807, 2.05) is 50.2 Å². The van der Waals surface area contributed by atoms with E-state index in [9.17, 15) is 4.79 Å². The zero-order chi connectivity index (χ0) is 19.8. The number of carbonyl (C=O) groups excluding carboxylic acids is 1. The zero-order valence-corrected chi connectivity index (χ0v) is 16.7. The first kappa shape index (κ1) is 18.5. The van der Waals surface area contributed by atoms with Gasteiger partial charge < -0.3 is 9.73 Å². The number of hydrogen-bond donors (Lipinski definition) is 1. The molecule has 0 aliphatic heterocycles. The van der Waals surface area contributed by atoms with Crippen molar-refractivity contribution >= 4 is 45.9 Å². The van der Waals surface area contributed by atoms with Crippen LogP contribution in [0.2, 0.25) is 10.0 Å². The fourth-order valence-corrected chi connectivity index (χ4v) is 3.39. The van der Waals surface area contributed by atoms with Crippen molar-refractivity contribution < 1.29 is 9.21 Å². The first-order valence-electron chi connectivity index (χ1n) is 8.66. The van der Waals surface area contributed by atoms with Crippen LogP contribution in [0.15, 0.2) is 59.0 Å². The lowest BCUT2D eigenvalue weighted by atomic mass is 10.1. The molecule has 0 aliphatic carbocycles. The summed E-state index contributed by atoms with van der Waals surface area (Å²) in [5.41, 5.74) is 5.26. The van der Waals surface area contributed by atoms with Crippen molar-refractivity contribution in [3.05, 3.63) is 81.3 Å². The molecule has 0 atom stereocenters. The van der Waals surface area contributed by atoms with Gasteiger partial charge in [0.25, 0.3) is 5.91 Å². The highest BCUT2D eigenvalue weighted by atomic mass is 35.5. The third-order valence-corrected chi connectivity index (χ3v) is 5.09. The summed E-state index contributed by atoms with van der Waals surface area (Å²) in [7, 11) is 0. The van der Waals surface area contributed by atoms with Crippen molar-refractivity contribution in [3.63, 3.8) is 0 Å². The molecule has 0 spiro atoms. The topological polar surface area (TPSA) is 55.1 Å². The first-order valence-corrected chi connectivity index (χ1v) is 9.41. The number of nitrogens with one attached hydrogen (secondary N) is 1. The molecule has 4 nitrogen and oxygen atoms in total. The Hall–Kier alpha value is -2.82. The summed E-state index contributed by atoms with van der Waals surface area (Å²) >= 11 is 12.1. The Balaban J connectivity index is 1.70. The minimum atomic E-state index is -0.332. The van der Waals surface area contributed by atoms with Crippen LogP contribution < -0.4 is 5.32 Å². The second-order valence-corrected chi connectivity index (χ2v) is 7.39. The number of oxazole rings is 1. The molecule has 0 saturated carbocycles. The summed E-state index contributed by atoms with van der Waals surface area (Å²) in [6.45, 7) is 3.92. The largest absolute Gasteiger partial charge is 0.436 e. The SMILES string of the molecule is Cc1ccc2oc(-c3cccc(NC(=O)c4cc(Cl)ccc4Cl)c3C)nc2c1. The van der Waals surface area contributed by atoms with Crippen molar-refractivity contribution in [2.45, 2.75) is 13.8 Å². The molecule has 4 aromatic rings. The normalized spacial score (nSPS) is 11.0. The van der Waals surface area contributed by atoms with Gasteiger partial charge in [0.1, 0.15) is 5.52 Å². The van der Waals surface area contributed by atoms with Crippen LogP contribution in [0.25, 0.3) is 22.6 Å². The Labute approximate surface area is 172 Å². The Kier molecular flexibility index (Phi) is 4.84. The van der Waals surface area contributed by atoms with Gasteiger partial charge in [0, 0.05) is 16.3 Å². The minimum absolute atomic E-state index is 0.316. The van der Waals surface area contributed by atoms with Gasteiger partial charge in [-0.3, -0.25) is 4.79 Å². The van der Waals surface area contributed by atoms with E-state index < -0.39 is 0 Å². The van der Waals surface area contributed by atoms with Crippen molar-refractivity contribution in [1.82, 2.24) is 4.98 Å². The van der Waals surface area contributed by atoms with Gasteiger partial charge >= 0.3 is 0 Å². The Morgan fingerprint density at radius 2 is 1.86 bits per heavy atom. The monoisotopic (exact) mass is 410 g/mol. The van der Waals surface area contributed by atoms with Gasteiger partial charge in [-0.15, -0.1) is 0 Å². The van der Waals surface area contributed by atoms with E-state index in [-0.39, 0.29) is 5.91 Å². The van der Waals surface area contributed by atoms with Crippen molar-refractivity contribution in [3.8, 4) is 11.5 Å². The summed E-state index contributed by atoms with van der Waals surface area (Å²) in [5, 5.41) is 3.68. The molecular weight excluding hydrogens is 395 g/mol. The van der Waals surface area contributed by atoms with Crippen LogP contribution in [0.5, 0.6) is 0 Å². The number of fused-ring (bicyclic) bond motifs is 1. The quantitative estimate of drug-likeness (QED) is 0.410. The summed E-state index contributed by atoms with van der Waals surface area (Å²) in [5.74, 6) is 0.177. The lowest BCUT2D eigenvalue weighted by Gasteiger charge is -2.12. The number of hydrogen-bond acceptors (Lipinski definition) is 3. The fraction of sp³-hybridized carbons (Fsp3) is 0.0909. The van der Waals surface area contributed by atoms with E-state index in [0.29, 0.717) is 27.2 Å². The highest BCUT2D eigenvalue weighted by Gasteiger charge is 2.16. The maximum atomic E-state index is 12.7. The number of aromatic nitrogens is 1. The number of nitrogens with zero attached hydrogens (tertiary/aromatic N) is 1. The standard InChI is InChI=1S/C22H16Cl2N2O2/c1-12-6-9-20-19(10-12)26-22(28-20)15-4-3-5-18(13(15)2)25-21(27)16-11-14(23)7-8-17(16)24/h3-11H,1-2H3,(H,25,27). The lowest BCUT2D eigenvalue weighted by Crippen LogP contribution is -2.13. The molecule has 140 valence electrons. The van der Waals surface area contributed by atoms with Gasteiger partial charge in [-0.1, -0.05) is 35.3 Å². The van der Waals surface area contributed by atoms with E-state index >= 15 is 0 Å². The van der Waals surface area contributed by atoms with Crippen LogP contribution in [0.3, 0.4) is 0 Å². The second-order valence-electron chi connectivity index (χ2n) is 6.55. The molecule has 0 fully saturated rings. The van der Waals surface area contributed by atoms with E-state index in [1.165, 1.54) is 0 Å². The van der Waals surface area contributed by atoms with Gasteiger partial charge in [-0.05, 0) is 67.4 Å². The molecule has 1 N–H and O–H groups in total. The van der Waals surface area contributed by atoms with Crippen molar-refractivity contribution in [1.29, 1.82) is 0 Å². The average molecular weight is 411 g/mol. The number of benzene rings is 3. The van der Waals surface area contributed by atoms with Crippen molar-refractivity contribution in [2.75, 3.05) is 5.32 Å². The predicted molar refractivity (Wildman–Crippen MR) is 113 cm³/mol. The molecule has 0 radical (unpaired) electrons. The Morgan fingerprint density at radius 1 is 1.04 bits per heavy atom. The maximum Gasteiger partial charge on any atom is 0.257 e. The van der Waals surface area contributed by atoms with E-state index in [2.05, 4.69) is 10.3 Å². The number of amides is 1. The van der Waals surface area contributed by atoms with Crippen molar-refractivity contribution in [2.24, 2.45) is 0 Å². The highest BCUT2D eigenvalue weighted by Crippen LogP contribution is 2.31. The van der Waals surface area contributed by atoms with Crippen LogP contribution in [0.4, 0.5) is 5.69 Å². The Bertz CT molecular complexity index is 1210. The number of anilines is 1. The lowest BCUT2D eigenvalue weighted by molar-refractivity contribution is 0.102. The van der Waals surface area contributed by atoms with Crippen LogP contribution in [-0.4, -0.2) is 10.9 Å². The first-order chi connectivity index (χ1) is 13.4. The molecule has 28 heavy (non-hydrogen) atoms. The molecule has 3 aromatic carbocycles. The third-order valence-electron chi connectivity index (χ3n) is 4.53. The molecule has 1 aromatic heterocycles. The smallest absolute Gasteiger partial charge is 0.257 e. The predicted octanol–water partition coefficient (Wildman–Crippen LogP) is 6.67. The van der Waals surface area contributed by atoms with Crippen LogP contribution >= 0.6 is 23.2 Å². The number of halogens is 2. The third kappa shape index (κ3) is 3.49. The van der Waals surface area contributed by atoms with Gasteiger partial charge in [0.2, 0.25) is 5.89 Å². The average Bonchev–Trinajstić information content (AvgIpc) is 3.08. The molecule has 0 unspecified atom stereocenters. The van der Waals surface area contributed by atoms with E-state index in [0.717, 1.165) is 27.8 Å². The molecule has 1 heterocycles. The molecular formula is C22H16Cl2N2O2. The molecule has 0 saturated heterocycles. The van der Waals surface area contributed by atoms with E-state index in [1.54, 1.807) is 18.2 Å². The van der Waals surface area contributed by atoms with Crippen LogP contribution in [-0.2, 0) is 0 Å². The zero-order valence-electron chi connectivity index (χ0n) is 15.2. The summed E-state index contributed by atoms with van der Waals surface area (Å²) < 4.78 is 5.91. The van der Waals surface area contributed by atoms with Gasteiger partial charge in [-0.25, -0.2) is 4.98 Å². The van der Waals surface area contributed by atoms with Crippen LogP contribution in [0.1, 0.15) is 21.5 Å². The second kappa shape index (κ2) is 7.30. The van der Waals surface area contributed by atoms with Gasteiger partial charge in [-0.2, -0.15) is 0 Å². The van der Waals surface area contributed by atoms with Crippen LogP contribution in [0, 0.1) is 13.8 Å². The Morgan fingerprint density at radius 3 is 2.68 bits per heavy atom. The molecule has 4 rings (SSSR count). The maximum absolute atomic E-state index is 12.7. The van der Waals surface area contributed by atoms with Gasteiger partial charge in [0.05, 0.1) is 10.6 Å². The number of carbonyl (C=O) groups is 1. The summed E-state index contributed by atoms with van der Waals surface area (Å²) in [6, 6.07) is 16.2. The number of rotatable bonds is 3. The number of aryl methyl sites for hydroxylation is 1. The summed E-state index contributed by atoms with van der Waals surface area (Å²) in [6.07, 6.45) is 0. The minimum Gasteiger partial charge on any atom is -0.436 e. The highest BCUT2D eigenvalue weighted by molar-refractivity contribution is 6.36. The molecule has 0 aliphatic rings. The van der Waals surface area contributed by atoms with E-state index in [4.69, 9.17) is 27.6 Å². The molecule has 6 heteroatoms. The molecule has 0 bridgehead atoms. The van der Waals surface area contributed by atoms with Gasteiger partial charge in [0.15, 0.2) is 5.58 Å². The summed E-state index contributed by atoms with van der Waals surface area (Å²) in [4.78, 5) is 17.3. The molecule has 1 amide bonds.